The Morgan fingerprint density at radius 3 is 1.89 bits per heavy atom. The molecule has 1 rings (SSSR count). The molecule has 0 N–H and O–H groups in total. The summed E-state index contributed by atoms with van der Waals surface area (Å²) in [6, 6.07) is 5.47. The third-order valence-corrected chi connectivity index (χ3v) is 4.17. The monoisotopic (exact) mass is 301 g/mol. The fourth-order valence-corrected chi connectivity index (χ4v) is 2.62. The third kappa shape index (κ3) is 3.64. The van der Waals surface area contributed by atoms with E-state index in [1.54, 1.807) is 18.2 Å². The van der Waals surface area contributed by atoms with Crippen molar-refractivity contribution in [3.63, 3.8) is 0 Å². The summed E-state index contributed by atoms with van der Waals surface area (Å²) in [4.78, 5) is 14.6. The smallest absolute Gasteiger partial charge is 0.257 e. The van der Waals surface area contributed by atoms with Gasteiger partial charge in [0.05, 0.1) is 15.6 Å². The van der Waals surface area contributed by atoms with Crippen molar-refractivity contribution >= 4 is 29.1 Å². The molecule has 0 saturated carbocycles. The summed E-state index contributed by atoms with van der Waals surface area (Å²) >= 11 is 12.3. The van der Waals surface area contributed by atoms with Crippen molar-refractivity contribution in [3.05, 3.63) is 33.8 Å². The van der Waals surface area contributed by atoms with Crippen molar-refractivity contribution < 1.29 is 4.79 Å². The van der Waals surface area contributed by atoms with Crippen LogP contribution in [0.1, 0.15) is 50.9 Å². The quantitative estimate of drug-likeness (QED) is 0.746. The summed E-state index contributed by atoms with van der Waals surface area (Å²) in [6.07, 6.45) is 1.80. The van der Waals surface area contributed by atoms with Gasteiger partial charge >= 0.3 is 0 Å². The summed E-state index contributed by atoms with van der Waals surface area (Å²) in [5.41, 5.74) is 0.409. The van der Waals surface area contributed by atoms with Crippen LogP contribution >= 0.6 is 23.2 Å². The number of hydrogen-bond donors (Lipinski definition) is 0. The van der Waals surface area contributed by atoms with Gasteiger partial charge in [-0.15, -0.1) is 0 Å². The van der Waals surface area contributed by atoms with E-state index in [4.69, 9.17) is 23.2 Å². The van der Waals surface area contributed by atoms with E-state index in [-0.39, 0.29) is 18.0 Å². The molecule has 2 nitrogen and oxygen atoms in total. The van der Waals surface area contributed by atoms with Gasteiger partial charge < -0.3 is 4.90 Å². The molecule has 19 heavy (non-hydrogen) atoms. The second-order valence-electron chi connectivity index (χ2n) is 4.82. The molecule has 0 unspecified atom stereocenters. The van der Waals surface area contributed by atoms with Crippen LogP contribution < -0.4 is 0 Å². The fourth-order valence-electron chi connectivity index (χ4n) is 2.06. The molecule has 0 bridgehead atoms. The minimum Gasteiger partial charge on any atom is -0.333 e. The van der Waals surface area contributed by atoms with Crippen molar-refractivity contribution in [1.82, 2.24) is 4.90 Å². The Morgan fingerprint density at radius 2 is 1.53 bits per heavy atom. The zero-order valence-corrected chi connectivity index (χ0v) is 13.4. The number of halogens is 2. The molecule has 1 aromatic carbocycles. The van der Waals surface area contributed by atoms with Crippen molar-refractivity contribution in [2.24, 2.45) is 0 Å². The van der Waals surface area contributed by atoms with Gasteiger partial charge in [-0.3, -0.25) is 4.79 Å². The Morgan fingerprint density at radius 1 is 1.11 bits per heavy atom. The van der Waals surface area contributed by atoms with Crippen LogP contribution in [0.25, 0.3) is 0 Å². The number of benzene rings is 1. The maximum atomic E-state index is 12.7. The molecule has 0 aliphatic rings. The average Bonchev–Trinajstić information content (AvgIpc) is 2.38. The van der Waals surface area contributed by atoms with Gasteiger partial charge in [-0.1, -0.05) is 43.1 Å². The van der Waals surface area contributed by atoms with Gasteiger partial charge in [0.15, 0.2) is 0 Å². The summed E-state index contributed by atoms with van der Waals surface area (Å²) in [5, 5.41) is 0.822. The number of nitrogens with zero attached hydrogens (tertiary/aromatic N) is 1. The van der Waals surface area contributed by atoms with E-state index in [2.05, 4.69) is 27.7 Å². The highest BCUT2D eigenvalue weighted by molar-refractivity contribution is 6.39. The lowest BCUT2D eigenvalue weighted by atomic mass is 10.1. The molecular weight excluding hydrogens is 281 g/mol. The van der Waals surface area contributed by atoms with E-state index in [1.165, 1.54) is 0 Å². The molecule has 2 atom stereocenters. The molecule has 0 spiro atoms. The highest BCUT2D eigenvalue weighted by Crippen LogP contribution is 2.28. The molecule has 0 aliphatic heterocycles. The van der Waals surface area contributed by atoms with Crippen molar-refractivity contribution in [2.75, 3.05) is 0 Å². The number of amides is 1. The Kier molecular flexibility index (Phi) is 6.15. The third-order valence-electron chi connectivity index (χ3n) is 3.54. The van der Waals surface area contributed by atoms with E-state index < -0.39 is 0 Å². The van der Waals surface area contributed by atoms with E-state index >= 15 is 0 Å². The van der Waals surface area contributed by atoms with Gasteiger partial charge in [-0.05, 0) is 38.8 Å². The maximum absolute atomic E-state index is 12.7. The standard InChI is InChI=1S/C15H21Cl2NO/c1-5-10(3)18(11(4)6-2)15(19)14-12(16)8-7-9-13(14)17/h7-11H,5-6H2,1-4H3/t10-,11+. The first-order valence-electron chi connectivity index (χ1n) is 6.70. The normalized spacial score (nSPS) is 14.0. The van der Waals surface area contributed by atoms with Crippen molar-refractivity contribution in [3.8, 4) is 0 Å². The maximum Gasteiger partial charge on any atom is 0.257 e. The molecule has 0 aromatic heterocycles. The largest absolute Gasteiger partial charge is 0.333 e. The van der Waals surface area contributed by atoms with Crippen LogP contribution in [0.2, 0.25) is 10.0 Å². The van der Waals surface area contributed by atoms with Crippen LogP contribution in [0.3, 0.4) is 0 Å². The van der Waals surface area contributed by atoms with E-state index in [9.17, 15) is 4.79 Å². The number of hydrogen-bond acceptors (Lipinski definition) is 1. The number of carbonyl (C=O) groups excluding carboxylic acids is 1. The minimum absolute atomic E-state index is 0.0840. The molecule has 0 saturated heterocycles. The molecular formula is C15H21Cl2NO. The van der Waals surface area contributed by atoms with Gasteiger partial charge in [-0.25, -0.2) is 0 Å². The first kappa shape index (κ1) is 16.3. The summed E-state index contributed by atoms with van der Waals surface area (Å²) in [7, 11) is 0. The molecule has 1 aromatic rings. The predicted octanol–water partition coefficient (Wildman–Crippen LogP) is 5.03. The zero-order chi connectivity index (χ0) is 14.6. The lowest BCUT2D eigenvalue weighted by Gasteiger charge is -2.34. The van der Waals surface area contributed by atoms with Crippen LogP contribution in [0.15, 0.2) is 18.2 Å². The minimum atomic E-state index is -0.0840. The first-order valence-corrected chi connectivity index (χ1v) is 7.46. The highest BCUT2D eigenvalue weighted by atomic mass is 35.5. The lowest BCUT2D eigenvalue weighted by Crippen LogP contribution is -2.44. The number of rotatable bonds is 5. The topological polar surface area (TPSA) is 20.3 Å². The highest BCUT2D eigenvalue weighted by Gasteiger charge is 2.27. The fraction of sp³-hybridized carbons (Fsp3) is 0.533. The predicted molar refractivity (Wildman–Crippen MR) is 82.1 cm³/mol. The van der Waals surface area contributed by atoms with Crippen LogP contribution in [-0.2, 0) is 0 Å². The molecule has 106 valence electrons. The van der Waals surface area contributed by atoms with Crippen molar-refractivity contribution in [1.29, 1.82) is 0 Å². The Hall–Kier alpha value is -0.730. The van der Waals surface area contributed by atoms with E-state index in [0.29, 0.717) is 15.6 Å². The van der Waals surface area contributed by atoms with Crippen LogP contribution in [0, 0.1) is 0 Å². The van der Waals surface area contributed by atoms with Crippen molar-refractivity contribution in [2.45, 2.75) is 52.6 Å². The van der Waals surface area contributed by atoms with E-state index in [1.807, 2.05) is 4.90 Å². The second-order valence-corrected chi connectivity index (χ2v) is 5.64. The van der Waals surface area contributed by atoms with Gasteiger partial charge in [0.1, 0.15) is 0 Å². The zero-order valence-electron chi connectivity index (χ0n) is 11.9. The number of carbonyl (C=O) groups is 1. The Bertz CT molecular complexity index is 418. The van der Waals surface area contributed by atoms with Gasteiger partial charge in [0, 0.05) is 12.1 Å². The van der Waals surface area contributed by atoms with Gasteiger partial charge in [-0.2, -0.15) is 0 Å². The summed E-state index contributed by atoms with van der Waals surface area (Å²) in [6.45, 7) is 8.24. The Balaban J connectivity index is 3.20. The molecule has 0 heterocycles. The molecule has 0 radical (unpaired) electrons. The van der Waals surface area contributed by atoms with Gasteiger partial charge in [0.2, 0.25) is 0 Å². The SMILES string of the molecule is CC[C@@H](C)N(C(=O)c1c(Cl)cccc1Cl)[C@@H](C)CC. The summed E-state index contributed by atoms with van der Waals surface area (Å²) < 4.78 is 0. The lowest BCUT2D eigenvalue weighted by molar-refractivity contribution is 0.0599. The van der Waals surface area contributed by atoms with Crippen LogP contribution in [0.4, 0.5) is 0 Å². The van der Waals surface area contributed by atoms with Gasteiger partial charge in [0.25, 0.3) is 5.91 Å². The van der Waals surface area contributed by atoms with Crippen LogP contribution in [0.5, 0.6) is 0 Å². The second kappa shape index (κ2) is 7.16. The van der Waals surface area contributed by atoms with Crippen LogP contribution in [-0.4, -0.2) is 22.9 Å². The molecule has 4 heteroatoms. The Labute approximate surface area is 125 Å². The molecule has 0 aliphatic carbocycles. The molecule has 0 fully saturated rings. The summed E-state index contributed by atoms with van der Waals surface area (Å²) in [5.74, 6) is -0.0840. The molecule has 1 amide bonds. The average molecular weight is 302 g/mol. The first-order chi connectivity index (χ1) is 8.93. The van der Waals surface area contributed by atoms with E-state index in [0.717, 1.165) is 12.8 Å².